The minimum atomic E-state index is -0.668. The normalized spacial score (nSPS) is 18.3. The summed E-state index contributed by atoms with van der Waals surface area (Å²) in [7, 11) is -0.668. The van der Waals surface area contributed by atoms with Gasteiger partial charge in [0, 0.05) is 18.0 Å². The third kappa shape index (κ3) is 5.89. The Morgan fingerprint density at radius 3 is 1.64 bits per heavy atom. The summed E-state index contributed by atoms with van der Waals surface area (Å²) < 4.78 is 0. The largest absolute Gasteiger partial charge is 0.287 e. The van der Waals surface area contributed by atoms with Gasteiger partial charge in [-0.05, 0) is 54.7 Å². The quantitative estimate of drug-likeness (QED) is 0.207. The highest BCUT2D eigenvalue weighted by molar-refractivity contribution is 7.80. The summed E-state index contributed by atoms with van der Waals surface area (Å²) in [6.45, 7) is 2.15. The van der Waals surface area contributed by atoms with E-state index in [1.54, 1.807) is 0 Å². The molecule has 4 aromatic rings. The van der Waals surface area contributed by atoms with Crippen molar-refractivity contribution < 1.29 is 0 Å². The van der Waals surface area contributed by atoms with Crippen molar-refractivity contribution in [2.45, 2.75) is 44.7 Å². The molecule has 4 aromatic carbocycles. The van der Waals surface area contributed by atoms with Gasteiger partial charge >= 0.3 is 0 Å². The third-order valence-electron chi connectivity index (χ3n) is 6.90. The van der Waals surface area contributed by atoms with E-state index in [-0.39, 0.29) is 12.1 Å². The Morgan fingerprint density at radius 2 is 1.06 bits per heavy atom. The second-order valence-corrected chi connectivity index (χ2v) is 11.6. The molecule has 1 aliphatic rings. The Hall–Kier alpha value is -3.35. The van der Waals surface area contributed by atoms with Gasteiger partial charge in [-0.2, -0.15) is 0 Å². The highest BCUT2D eigenvalue weighted by Gasteiger charge is 2.24. The Kier molecular flexibility index (Phi) is 8.16. The van der Waals surface area contributed by atoms with Crippen LogP contribution in [0, 0.1) is 6.92 Å². The summed E-state index contributed by atoms with van der Waals surface area (Å²) >= 11 is 0. The van der Waals surface area contributed by atoms with E-state index in [4.69, 9.17) is 9.98 Å². The van der Waals surface area contributed by atoms with Crippen LogP contribution in [0.4, 0.5) is 0 Å². The molecular weight excluding hydrogens is 455 g/mol. The monoisotopic (exact) mass is 488 g/mol. The molecule has 0 saturated heterocycles. The van der Waals surface area contributed by atoms with Crippen LogP contribution in [0.15, 0.2) is 119 Å². The van der Waals surface area contributed by atoms with Crippen LogP contribution < -0.4 is 15.9 Å². The molecule has 2 atom stereocenters. The fourth-order valence-electron chi connectivity index (χ4n) is 4.90. The van der Waals surface area contributed by atoms with Gasteiger partial charge in [-0.15, -0.1) is 0 Å². The summed E-state index contributed by atoms with van der Waals surface area (Å²) in [5, 5.41) is 4.07. The molecule has 0 bridgehead atoms. The molecule has 5 rings (SSSR count). The lowest BCUT2D eigenvalue weighted by atomic mass is 9.91. The molecular formula is C33H33N2P. The van der Waals surface area contributed by atoms with Crippen LogP contribution >= 0.6 is 7.92 Å². The molecule has 0 amide bonds. The van der Waals surface area contributed by atoms with Crippen LogP contribution in [0.3, 0.4) is 0 Å². The molecule has 2 unspecified atom stereocenters. The van der Waals surface area contributed by atoms with E-state index in [2.05, 4.69) is 129 Å². The van der Waals surface area contributed by atoms with Crippen molar-refractivity contribution in [1.82, 2.24) is 0 Å². The summed E-state index contributed by atoms with van der Waals surface area (Å²) in [5.41, 5.74) is 3.68. The smallest absolute Gasteiger partial charge is 0.0723 e. The lowest BCUT2D eigenvalue weighted by Gasteiger charge is -2.26. The Morgan fingerprint density at radius 1 is 0.583 bits per heavy atom. The summed E-state index contributed by atoms with van der Waals surface area (Å²) in [6.07, 6.45) is 8.84. The number of aliphatic imine (C=N–C) groups is 2. The molecule has 0 aromatic heterocycles. The Labute approximate surface area is 216 Å². The summed E-state index contributed by atoms with van der Waals surface area (Å²) in [5.74, 6) is 0. The van der Waals surface area contributed by atoms with Gasteiger partial charge in [0.25, 0.3) is 0 Å². The first-order valence-corrected chi connectivity index (χ1v) is 14.2. The average Bonchev–Trinajstić information content (AvgIpc) is 2.94. The molecule has 1 aliphatic carbocycles. The van der Waals surface area contributed by atoms with E-state index in [1.165, 1.54) is 45.4 Å². The Bertz CT molecular complexity index is 1270. The maximum Gasteiger partial charge on any atom is 0.0723 e. The second-order valence-electron chi connectivity index (χ2n) is 9.40. The van der Waals surface area contributed by atoms with Gasteiger partial charge in [0.15, 0.2) is 0 Å². The van der Waals surface area contributed by atoms with Gasteiger partial charge in [-0.25, -0.2) is 0 Å². The van der Waals surface area contributed by atoms with E-state index < -0.39 is 7.92 Å². The number of rotatable bonds is 7. The SMILES string of the molecule is Cc1ccccc1C=NC1CCCCC1N=Cc1ccccc1P(c1ccccc1)c1ccccc1. The van der Waals surface area contributed by atoms with Crippen LogP contribution in [0.2, 0.25) is 0 Å². The zero-order chi connectivity index (χ0) is 24.6. The van der Waals surface area contributed by atoms with Crippen molar-refractivity contribution in [2.24, 2.45) is 9.98 Å². The minimum absolute atomic E-state index is 0.228. The van der Waals surface area contributed by atoms with Gasteiger partial charge in [0.1, 0.15) is 0 Å². The van der Waals surface area contributed by atoms with E-state index in [0.29, 0.717) is 0 Å². The fourth-order valence-corrected chi connectivity index (χ4v) is 7.33. The molecule has 180 valence electrons. The van der Waals surface area contributed by atoms with Gasteiger partial charge < -0.3 is 0 Å². The molecule has 3 heteroatoms. The summed E-state index contributed by atoms with van der Waals surface area (Å²) in [6, 6.07) is 39.5. The van der Waals surface area contributed by atoms with Gasteiger partial charge in [0.05, 0.1) is 12.1 Å². The maximum absolute atomic E-state index is 5.17. The molecule has 1 fully saturated rings. The lowest BCUT2D eigenvalue weighted by Crippen LogP contribution is -2.28. The molecule has 1 saturated carbocycles. The lowest BCUT2D eigenvalue weighted by molar-refractivity contribution is 0.390. The van der Waals surface area contributed by atoms with Crippen molar-refractivity contribution in [3.63, 3.8) is 0 Å². The number of benzene rings is 4. The molecule has 0 radical (unpaired) electrons. The second kappa shape index (κ2) is 12.1. The van der Waals surface area contributed by atoms with Gasteiger partial charge in [-0.1, -0.05) is 122 Å². The van der Waals surface area contributed by atoms with Crippen molar-refractivity contribution >= 4 is 36.3 Å². The van der Waals surface area contributed by atoms with Crippen LogP contribution in [0.5, 0.6) is 0 Å². The summed E-state index contributed by atoms with van der Waals surface area (Å²) in [4.78, 5) is 10.2. The van der Waals surface area contributed by atoms with E-state index in [9.17, 15) is 0 Å². The van der Waals surface area contributed by atoms with Crippen LogP contribution in [0.1, 0.15) is 42.4 Å². The predicted octanol–water partition coefficient (Wildman–Crippen LogP) is 6.60. The highest BCUT2D eigenvalue weighted by Crippen LogP contribution is 2.34. The van der Waals surface area contributed by atoms with E-state index in [0.717, 1.165) is 12.8 Å². The van der Waals surface area contributed by atoms with Crippen LogP contribution in [-0.4, -0.2) is 24.5 Å². The third-order valence-corrected chi connectivity index (χ3v) is 9.42. The van der Waals surface area contributed by atoms with Gasteiger partial charge in [0.2, 0.25) is 0 Å². The molecule has 2 nitrogen and oxygen atoms in total. The highest BCUT2D eigenvalue weighted by atomic mass is 31.1. The van der Waals surface area contributed by atoms with Crippen molar-refractivity contribution in [1.29, 1.82) is 0 Å². The Balaban J connectivity index is 1.45. The molecule has 36 heavy (non-hydrogen) atoms. The first-order valence-electron chi connectivity index (χ1n) is 12.9. The topological polar surface area (TPSA) is 24.7 Å². The number of aryl methyl sites for hydroxylation is 1. The zero-order valence-electron chi connectivity index (χ0n) is 20.9. The number of hydrogen-bond acceptors (Lipinski definition) is 2. The standard InChI is InChI=1S/C33H33N2P/c1-26-14-8-9-15-27(26)24-34-31-21-11-12-22-32(31)35-25-28-16-10-13-23-33(28)36(29-17-4-2-5-18-29)30-19-6-3-7-20-30/h2-10,13-20,23-25,31-32H,11-12,21-22H2,1H3. The van der Waals surface area contributed by atoms with Gasteiger partial charge in [-0.3, -0.25) is 9.98 Å². The van der Waals surface area contributed by atoms with E-state index in [1.807, 2.05) is 0 Å². The molecule has 0 N–H and O–H groups in total. The first kappa shape index (κ1) is 24.3. The van der Waals surface area contributed by atoms with Crippen molar-refractivity contribution in [3.05, 3.63) is 126 Å². The van der Waals surface area contributed by atoms with Crippen molar-refractivity contribution in [3.8, 4) is 0 Å². The molecule has 0 aliphatic heterocycles. The van der Waals surface area contributed by atoms with Crippen LogP contribution in [-0.2, 0) is 0 Å². The fraction of sp³-hybridized carbons (Fsp3) is 0.212. The predicted molar refractivity (Wildman–Crippen MR) is 158 cm³/mol. The van der Waals surface area contributed by atoms with E-state index >= 15 is 0 Å². The average molecular weight is 489 g/mol. The number of hydrogen-bond donors (Lipinski definition) is 0. The minimum Gasteiger partial charge on any atom is -0.287 e. The van der Waals surface area contributed by atoms with Crippen LogP contribution in [0.25, 0.3) is 0 Å². The maximum atomic E-state index is 5.17. The molecule has 0 heterocycles. The molecule has 0 spiro atoms. The van der Waals surface area contributed by atoms with Crippen molar-refractivity contribution in [2.75, 3.05) is 0 Å². The number of nitrogens with zero attached hydrogens (tertiary/aromatic N) is 2. The zero-order valence-corrected chi connectivity index (χ0v) is 21.8. The first-order chi connectivity index (χ1) is 17.8.